The summed E-state index contributed by atoms with van der Waals surface area (Å²) in [7, 11) is 1.20. The standard InChI is InChI=1S/C19H19N3O4/c1-5-6-22-12(2)7-16(13(22)3)17(23)11-21-10-15(19(25)26-4)8-14(9-20)18(21)24/h5,7-8,10H,1,6,11H2,2-4H3. The molecule has 2 heterocycles. The molecule has 0 unspecified atom stereocenters. The van der Waals surface area contributed by atoms with Gasteiger partial charge in [0.25, 0.3) is 5.56 Å². The van der Waals surface area contributed by atoms with Crippen LogP contribution in [0.25, 0.3) is 0 Å². The van der Waals surface area contributed by atoms with Crippen LogP contribution in [0.2, 0.25) is 0 Å². The number of rotatable bonds is 6. The molecule has 0 aliphatic carbocycles. The van der Waals surface area contributed by atoms with Crippen molar-refractivity contribution in [2.24, 2.45) is 0 Å². The van der Waals surface area contributed by atoms with Gasteiger partial charge in [-0.2, -0.15) is 5.26 Å². The van der Waals surface area contributed by atoms with Crippen LogP contribution in [0.3, 0.4) is 0 Å². The summed E-state index contributed by atoms with van der Waals surface area (Å²) in [6, 6.07) is 4.65. The predicted molar refractivity (Wildman–Crippen MR) is 95.2 cm³/mol. The van der Waals surface area contributed by atoms with Crippen molar-refractivity contribution in [1.29, 1.82) is 5.26 Å². The molecule has 2 aromatic rings. The van der Waals surface area contributed by atoms with Gasteiger partial charge in [-0.05, 0) is 26.0 Å². The molecular formula is C19H19N3O4. The molecular weight excluding hydrogens is 334 g/mol. The maximum Gasteiger partial charge on any atom is 0.339 e. The molecule has 0 aliphatic heterocycles. The Morgan fingerprint density at radius 3 is 2.62 bits per heavy atom. The van der Waals surface area contributed by atoms with Crippen molar-refractivity contribution >= 4 is 11.8 Å². The monoisotopic (exact) mass is 353 g/mol. The van der Waals surface area contributed by atoms with Crippen LogP contribution in [-0.2, 0) is 17.8 Å². The Labute approximate surface area is 150 Å². The Bertz CT molecular complexity index is 989. The van der Waals surface area contributed by atoms with Gasteiger partial charge in [-0.15, -0.1) is 6.58 Å². The summed E-state index contributed by atoms with van der Waals surface area (Å²) in [4.78, 5) is 36.7. The Hall–Kier alpha value is -3.40. The average Bonchev–Trinajstić information content (AvgIpc) is 2.91. The van der Waals surface area contributed by atoms with Crippen LogP contribution in [0, 0.1) is 25.2 Å². The van der Waals surface area contributed by atoms with Crippen LogP contribution in [0.15, 0.2) is 35.8 Å². The fourth-order valence-corrected chi connectivity index (χ4v) is 2.80. The summed E-state index contributed by atoms with van der Waals surface area (Å²) < 4.78 is 7.63. The van der Waals surface area contributed by atoms with Crippen molar-refractivity contribution in [3.8, 4) is 6.07 Å². The van der Waals surface area contributed by atoms with Gasteiger partial charge in [0.05, 0.1) is 19.2 Å². The van der Waals surface area contributed by atoms with Crippen molar-refractivity contribution in [3.05, 3.63) is 69.4 Å². The second kappa shape index (κ2) is 7.66. The summed E-state index contributed by atoms with van der Waals surface area (Å²) in [6.07, 6.45) is 2.97. The third-order valence-electron chi connectivity index (χ3n) is 4.13. The molecule has 0 saturated heterocycles. The Morgan fingerprint density at radius 1 is 1.35 bits per heavy atom. The largest absolute Gasteiger partial charge is 0.465 e. The number of nitriles is 1. The lowest BCUT2D eigenvalue weighted by atomic mass is 10.1. The fourth-order valence-electron chi connectivity index (χ4n) is 2.80. The normalized spacial score (nSPS) is 10.2. The van der Waals surface area contributed by atoms with E-state index in [0.29, 0.717) is 12.1 Å². The van der Waals surface area contributed by atoms with Crippen LogP contribution in [0.1, 0.15) is 37.7 Å². The molecule has 0 N–H and O–H groups in total. The van der Waals surface area contributed by atoms with E-state index >= 15 is 0 Å². The van der Waals surface area contributed by atoms with E-state index in [1.165, 1.54) is 13.3 Å². The summed E-state index contributed by atoms with van der Waals surface area (Å²) >= 11 is 0. The zero-order valence-electron chi connectivity index (χ0n) is 14.9. The average molecular weight is 353 g/mol. The van der Waals surface area contributed by atoms with Gasteiger partial charge in [0.1, 0.15) is 11.6 Å². The van der Waals surface area contributed by atoms with E-state index in [0.717, 1.165) is 22.0 Å². The summed E-state index contributed by atoms with van der Waals surface area (Å²) in [6.45, 7) is 7.69. The quantitative estimate of drug-likeness (QED) is 0.450. The summed E-state index contributed by atoms with van der Waals surface area (Å²) in [5.74, 6) is -0.978. The van der Waals surface area contributed by atoms with Crippen LogP contribution in [-0.4, -0.2) is 28.0 Å². The van der Waals surface area contributed by atoms with Gasteiger partial charge in [-0.1, -0.05) is 6.08 Å². The number of Topliss-reactive ketones (excluding diaryl/α,β-unsaturated/α-hetero) is 1. The van der Waals surface area contributed by atoms with Crippen LogP contribution in [0.4, 0.5) is 0 Å². The van der Waals surface area contributed by atoms with Gasteiger partial charge in [0, 0.05) is 29.7 Å². The minimum absolute atomic E-state index is 0.0357. The van der Waals surface area contributed by atoms with E-state index in [9.17, 15) is 14.4 Å². The lowest BCUT2D eigenvalue weighted by Gasteiger charge is -2.09. The number of carbonyl (C=O) groups is 2. The minimum Gasteiger partial charge on any atom is -0.465 e. The van der Waals surface area contributed by atoms with Crippen molar-refractivity contribution in [2.45, 2.75) is 26.9 Å². The molecule has 0 aromatic carbocycles. The first-order valence-corrected chi connectivity index (χ1v) is 7.87. The maximum absolute atomic E-state index is 12.7. The number of hydrogen-bond acceptors (Lipinski definition) is 5. The van der Waals surface area contributed by atoms with Gasteiger partial charge in [0.15, 0.2) is 5.78 Å². The zero-order chi connectivity index (χ0) is 19.4. The molecule has 2 rings (SSSR count). The van der Waals surface area contributed by atoms with E-state index in [-0.39, 0.29) is 23.5 Å². The van der Waals surface area contributed by atoms with Crippen molar-refractivity contribution < 1.29 is 14.3 Å². The second-order valence-corrected chi connectivity index (χ2v) is 5.79. The number of ketones is 1. The molecule has 0 radical (unpaired) electrons. The number of aromatic nitrogens is 2. The highest BCUT2D eigenvalue weighted by Crippen LogP contribution is 2.16. The van der Waals surface area contributed by atoms with E-state index < -0.39 is 11.5 Å². The first kappa shape index (κ1) is 18.9. The Kier molecular flexibility index (Phi) is 5.58. The maximum atomic E-state index is 12.7. The van der Waals surface area contributed by atoms with Gasteiger partial charge in [-0.3, -0.25) is 9.59 Å². The third kappa shape index (κ3) is 3.49. The van der Waals surface area contributed by atoms with Gasteiger partial charge in [-0.25, -0.2) is 4.79 Å². The van der Waals surface area contributed by atoms with Gasteiger partial charge in [0.2, 0.25) is 0 Å². The molecule has 0 saturated carbocycles. The molecule has 26 heavy (non-hydrogen) atoms. The van der Waals surface area contributed by atoms with Crippen molar-refractivity contribution in [3.63, 3.8) is 0 Å². The lowest BCUT2D eigenvalue weighted by molar-refractivity contribution is 0.0599. The van der Waals surface area contributed by atoms with Crippen molar-refractivity contribution in [2.75, 3.05) is 7.11 Å². The van der Waals surface area contributed by atoms with E-state index in [2.05, 4.69) is 11.3 Å². The SMILES string of the molecule is C=CCn1c(C)cc(C(=O)Cn2cc(C(=O)OC)cc(C#N)c2=O)c1C. The highest BCUT2D eigenvalue weighted by Gasteiger charge is 2.18. The minimum atomic E-state index is -0.688. The molecule has 0 fully saturated rings. The molecule has 2 aromatic heterocycles. The molecule has 7 heteroatoms. The number of nitrogens with zero attached hydrogens (tertiary/aromatic N) is 3. The highest BCUT2D eigenvalue weighted by atomic mass is 16.5. The molecule has 0 amide bonds. The first-order chi connectivity index (χ1) is 12.3. The fraction of sp³-hybridized carbons (Fsp3) is 0.263. The molecule has 0 atom stereocenters. The molecule has 0 aliphatic rings. The van der Waals surface area contributed by atoms with Crippen LogP contribution >= 0.6 is 0 Å². The zero-order valence-corrected chi connectivity index (χ0v) is 14.9. The lowest BCUT2D eigenvalue weighted by Crippen LogP contribution is -2.27. The Morgan fingerprint density at radius 2 is 2.04 bits per heavy atom. The van der Waals surface area contributed by atoms with Crippen molar-refractivity contribution in [1.82, 2.24) is 9.13 Å². The van der Waals surface area contributed by atoms with Gasteiger partial charge < -0.3 is 13.9 Å². The first-order valence-electron chi connectivity index (χ1n) is 7.87. The number of pyridine rings is 1. The molecule has 7 nitrogen and oxygen atoms in total. The molecule has 134 valence electrons. The number of hydrogen-bond donors (Lipinski definition) is 0. The summed E-state index contributed by atoms with van der Waals surface area (Å²) in [5.41, 5.74) is 1.34. The number of ether oxygens (including phenoxy) is 1. The van der Waals surface area contributed by atoms with Crippen LogP contribution in [0.5, 0.6) is 0 Å². The smallest absolute Gasteiger partial charge is 0.339 e. The Balaban J connectivity index is 2.45. The van der Waals surface area contributed by atoms with Gasteiger partial charge >= 0.3 is 5.97 Å². The van der Waals surface area contributed by atoms with E-state index in [4.69, 9.17) is 5.26 Å². The number of methoxy groups -OCH3 is 1. The van der Waals surface area contributed by atoms with Crippen LogP contribution < -0.4 is 5.56 Å². The highest BCUT2D eigenvalue weighted by molar-refractivity contribution is 5.97. The number of aryl methyl sites for hydroxylation is 1. The second-order valence-electron chi connectivity index (χ2n) is 5.79. The predicted octanol–water partition coefficient (Wildman–Crippen LogP) is 1.99. The topological polar surface area (TPSA) is 94.1 Å². The molecule has 0 spiro atoms. The number of allylic oxidation sites excluding steroid dienone is 1. The summed E-state index contributed by atoms with van der Waals surface area (Å²) in [5, 5.41) is 9.10. The molecule has 0 bridgehead atoms. The van der Waals surface area contributed by atoms with E-state index in [1.807, 2.05) is 18.4 Å². The third-order valence-corrected chi connectivity index (χ3v) is 4.13. The number of carbonyl (C=O) groups excluding carboxylic acids is 2. The van der Waals surface area contributed by atoms with E-state index in [1.54, 1.807) is 18.2 Å². The number of esters is 1.